The number of nitrogen functional groups attached to an aromatic ring is 1. The number of hydrogen-bond acceptors (Lipinski definition) is 3. The molecule has 0 bridgehead atoms. The number of amides is 1. The molecule has 1 aromatic rings. The lowest BCUT2D eigenvalue weighted by Gasteiger charge is -2.14. The molecule has 0 spiro atoms. The molecule has 1 rings (SSSR count). The number of nitrogens with two attached hydrogens (primary N) is 1. The van der Waals surface area contributed by atoms with Crippen molar-refractivity contribution < 1.29 is 9.53 Å². The minimum absolute atomic E-state index is 0.133. The second-order valence-electron chi connectivity index (χ2n) is 4.35. The van der Waals surface area contributed by atoms with Crippen molar-refractivity contribution in [1.29, 1.82) is 0 Å². The number of methoxy groups -OCH3 is 1. The molecule has 0 saturated heterocycles. The van der Waals surface area contributed by atoms with Crippen molar-refractivity contribution in [2.45, 2.75) is 26.7 Å². The number of anilines is 1. The van der Waals surface area contributed by atoms with Gasteiger partial charge in [0.15, 0.2) is 0 Å². The number of hydrogen-bond donors (Lipinski definition) is 2. The topological polar surface area (TPSA) is 64.4 Å². The van der Waals surface area contributed by atoms with Crippen LogP contribution in [-0.2, 0) is 0 Å². The molecule has 0 saturated carbocycles. The quantitative estimate of drug-likeness (QED) is 0.762. The fourth-order valence-electron chi connectivity index (χ4n) is 1.81. The number of benzene rings is 1. The summed E-state index contributed by atoms with van der Waals surface area (Å²) in [4.78, 5) is 12.1. The third-order valence-electron chi connectivity index (χ3n) is 3.17. The summed E-state index contributed by atoms with van der Waals surface area (Å²) >= 11 is 0. The Morgan fingerprint density at radius 2 is 2.06 bits per heavy atom. The van der Waals surface area contributed by atoms with Crippen molar-refractivity contribution in [3.63, 3.8) is 0 Å². The van der Waals surface area contributed by atoms with E-state index < -0.39 is 0 Å². The molecule has 0 aliphatic heterocycles. The van der Waals surface area contributed by atoms with E-state index in [1.54, 1.807) is 25.3 Å². The molecule has 1 amide bonds. The Hall–Kier alpha value is -1.71. The highest BCUT2D eigenvalue weighted by Crippen LogP contribution is 2.21. The van der Waals surface area contributed by atoms with Crippen LogP contribution in [0.4, 0.5) is 5.69 Å². The van der Waals surface area contributed by atoms with E-state index in [4.69, 9.17) is 10.5 Å². The molecule has 0 aliphatic rings. The predicted molar refractivity (Wildman–Crippen MR) is 73.8 cm³/mol. The number of rotatable bonds is 6. The molecular weight excluding hydrogens is 228 g/mol. The minimum atomic E-state index is -0.133. The summed E-state index contributed by atoms with van der Waals surface area (Å²) in [6, 6.07) is 5.07. The van der Waals surface area contributed by atoms with Crippen LogP contribution in [0.3, 0.4) is 0 Å². The second kappa shape index (κ2) is 6.89. The maximum absolute atomic E-state index is 12.1. The van der Waals surface area contributed by atoms with Crippen molar-refractivity contribution >= 4 is 11.6 Å². The molecule has 0 fully saturated rings. The second-order valence-corrected chi connectivity index (χ2v) is 4.35. The van der Waals surface area contributed by atoms with Gasteiger partial charge in [-0.15, -0.1) is 0 Å². The predicted octanol–water partition coefficient (Wildman–Crippen LogP) is 2.44. The molecule has 0 aromatic heterocycles. The molecule has 100 valence electrons. The first kappa shape index (κ1) is 14.4. The van der Waals surface area contributed by atoms with Crippen LogP contribution in [0.25, 0.3) is 0 Å². The number of nitrogens with one attached hydrogen (secondary N) is 1. The number of carbonyl (C=O) groups excluding carboxylic acids is 1. The third kappa shape index (κ3) is 3.65. The number of carbonyl (C=O) groups is 1. The van der Waals surface area contributed by atoms with Crippen molar-refractivity contribution in [2.24, 2.45) is 5.92 Å². The van der Waals surface area contributed by atoms with Gasteiger partial charge < -0.3 is 15.8 Å². The highest BCUT2D eigenvalue weighted by Gasteiger charge is 2.13. The van der Waals surface area contributed by atoms with Crippen molar-refractivity contribution in [3.05, 3.63) is 23.8 Å². The monoisotopic (exact) mass is 250 g/mol. The van der Waals surface area contributed by atoms with Gasteiger partial charge in [-0.3, -0.25) is 4.79 Å². The van der Waals surface area contributed by atoms with E-state index in [-0.39, 0.29) is 5.91 Å². The van der Waals surface area contributed by atoms with Crippen LogP contribution in [0, 0.1) is 5.92 Å². The van der Waals surface area contributed by atoms with Gasteiger partial charge in [-0.05, 0) is 24.1 Å². The summed E-state index contributed by atoms with van der Waals surface area (Å²) in [5, 5.41) is 2.93. The highest BCUT2D eigenvalue weighted by atomic mass is 16.5. The Morgan fingerprint density at radius 3 is 2.61 bits per heavy atom. The number of ether oxygens (including phenoxy) is 1. The molecule has 0 atom stereocenters. The SMILES string of the molecule is CCC(CC)CNC(=O)c1cc(N)ccc1OC. The van der Waals surface area contributed by atoms with Crippen LogP contribution >= 0.6 is 0 Å². The van der Waals surface area contributed by atoms with E-state index in [9.17, 15) is 4.79 Å². The summed E-state index contributed by atoms with van der Waals surface area (Å²) in [5.41, 5.74) is 6.74. The summed E-state index contributed by atoms with van der Waals surface area (Å²) in [7, 11) is 1.54. The lowest BCUT2D eigenvalue weighted by molar-refractivity contribution is 0.0943. The van der Waals surface area contributed by atoms with Gasteiger partial charge in [-0.2, -0.15) is 0 Å². The first-order chi connectivity index (χ1) is 8.62. The van der Waals surface area contributed by atoms with Crippen LogP contribution in [0.5, 0.6) is 5.75 Å². The van der Waals surface area contributed by atoms with Crippen LogP contribution in [0.2, 0.25) is 0 Å². The van der Waals surface area contributed by atoms with E-state index in [1.165, 1.54) is 0 Å². The smallest absolute Gasteiger partial charge is 0.255 e. The third-order valence-corrected chi connectivity index (χ3v) is 3.17. The lowest BCUT2D eigenvalue weighted by atomic mass is 10.0. The zero-order chi connectivity index (χ0) is 13.5. The summed E-state index contributed by atoms with van der Waals surface area (Å²) in [6.07, 6.45) is 2.12. The standard InChI is InChI=1S/C14H22N2O2/c1-4-10(5-2)9-16-14(17)12-8-11(15)6-7-13(12)18-3/h6-8,10H,4-5,9,15H2,1-3H3,(H,16,17). The average molecular weight is 250 g/mol. The van der Waals surface area contributed by atoms with Crippen molar-refractivity contribution in [1.82, 2.24) is 5.32 Å². The summed E-state index contributed by atoms with van der Waals surface area (Å²) in [5.74, 6) is 0.929. The maximum atomic E-state index is 12.1. The molecule has 0 radical (unpaired) electrons. The molecule has 0 aliphatic carbocycles. The van der Waals surface area contributed by atoms with Gasteiger partial charge in [0, 0.05) is 12.2 Å². The Bertz CT molecular complexity index is 401. The fraction of sp³-hybridized carbons (Fsp3) is 0.500. The van der Waals surface area contributed by atoms with E-state index in [2.05, 4.69) is 19.2 Å². The van der Waals surface area contributed by atoms with Gasteiger partial charge >= 0.3 is 0 Å². The van der Waals surface area contributed by atoms with Gasteiger partial charge in [0.25, 0.3) is 5.91 Å². The Morgan fingerprint density at radius 1 is 1.39 bits per heavy atom. The van der Waals surface area contributed by atoms with Crippen molar-refractivity contribution in [2.75, 3.05) is 19.4 Å². The van der Waals surface area contributed by atoms with Crippen LogP contribution in [0.1, 0.15) is 37.0 Å². The molecule has 4 nitrogen and oxygen atoms in total. The zero-order valence-corrected chi connectivity index (χ0v) is 11.3. The van der Waals surface area contributed by atoms with Crippen molar-refractivity contribution in [3.8, 4) is 5.75 Å². The van der Waals surface area contributed by atoms with Gasteiger partial charge in [-0.25, -0.2) is 0 Å². The summed E-state index contributed by atoms with van der Waals surface area (Å²) in [6.45, 7) is 4.94. The van der Waals surface area contributed by atoms with Crippen LogP contribution in [-0.4, -0.2) is 19.6 Å². The van der Waals surface area contributed by atoms with E-state index in [1.807, 2.05) is 0 Å². The fourth-order valence-corrected chi connectivity index (χ4v) is 1.81. The molecule has 3 N–H and O–H groups in total. The Labute approximate surface area is 109 Å². The van der Waals surface area contributed by atoms with Gasteiger partial charge in [0.1, 0.15) is 5.75 Å². The van der Waals surface area contributed by atoms with E-state index in [0.29, 0.717) is 29.5 Å². The molecule has 0 heterocycles. The molecule has 4 heteroatoms. The first-order valence-corrected chi connectivity index (χ1v) is 6.34. The molecular formula is C14H22N2O2. The Balaban J connectivity index is 2.74. The molecule has 0 unspecified atom stereocenters. The Kier molecular flexibility index (Phi) is 5.49. The normalized spacial score (nSPS) is 10.4. The zero-order valence-electron chi connectivity index (χ0n) is 11.3. The first-order valence-electron chi connectivity index (χ1n) is 6.34. The molecule has 18 heavy (non-hydrogen) atoms. The van der Waals surface area contributed by atoms with E-state index in [0.717, 1.165) is 12.8 Å². The minimum Gasteiger partial charge on any atom is -0.496 e. The molecule has 1 aromatic carbocycles. The van der Waals surface area contributed by atoms with E-state index >= 15 is 0 Å². The summed E-state index contributed by atoms with van der Waals surface area (Å²) < 4.78 is 5.16. The van der Waals surface area contributed by atoms with Gasteiger partial charge in [0.2, 0.25) is 0 Å². The van der Waals surface area contributed by atoms with Gasteiger partial charge in [-0.1, -0.05) is 26.7 Å². The maximum Gasteiger partial charge on any atom is 0.255 e. The van der Waals surface area contributed by atoms with Gasteiger partial charge in [0.05, 0.1) is 12.7 Å². The lowest BCUT2D eigenvalue weighted by Crippen LogP contribution is -2.29. The van der Waals surface area contributed by atoms with Crippen LogP contribution < -0.4 is 15.8 Å². The largest absolute Gasteiger partial charge is 0.496 e. The van der Waals surface area contributed by atoms with Crippen LogP contribution in [0.15, 0.2) is 18.2 Å². The highest BCUT2D eigenvalue weighted by molar-refractivity contribution is 5.97. The average Bonchev–Trinajstić information content (AvgIpc) is 2.39.